The minimum absolute atomic E-state index is 0.0810. The molecule has 64 valence electrons. The summed E-state index contributed by atoms with van der Waals surface area (Å²) in [6.07, 6.45) is 5.84. The van der Waals surface area contributed by atoms with Crippen molar-refractivity contribution in [3.05, 3.63) is 12.2 Å². The average molecular weight is 158 g/mol. The molecule has 3 nitrogen and oxygen atoms in total. The summed E-state index contributed by atoms with van der Waals surface area (Å²) in [4.78, 5) is 0. The van der Waals surface area contributed by atoms with Crippen molar-refractivity contribution in [2.24, 2.45) is 0 Å². The van der Waals surface area contributed by atoms with E-state index >= 15 is 0 Å². The van der Waals surface area contributed by atoms with Crippen LogP contribution in [-0.4, -0.2) is 35.6 Å². The van der Waals surface area contributed by atoms with Gasteiger partial charge in [-0.1, -0.05) is 12.2 Å². The van der Waals surface area contributed by atoms with E-state index in [-0.39, 0.29) is 25.4 Å². The van der Waals surface area contributed by atoms with Gasteiger partial charge in [0, 0.05) is 0 Å². The maximum atomic E-state index is 8.60. The van der Waals surface area contributed by atoms with Crippen LogP contribution in [0.3, 0.4) is 0 Å². The molecular formula is C8H14O3. The van der Waals surface area contributed by atoms with E-state index in [1.54, 1.807) is 6.08 Å². The molecule has 0 saturated carbocycles. The predicted molar refractivity (Wildman–Crippen MR) is 41.2 cm³/mol. The lowest BCUT2D eigenvalue weighted by atomic mass is 10.2. The third-order valence-electron chi connectivity index (χ3n) is 1.76. The molecule has 2 atom stereocenters. The van der Waals surface area contributed by atoms with Crippen LogP contribution in [0, 0.1) is 0 Å². The van der Waals surface area contributed by atoms with Crippen molar-refractivity contribution in [1.29, 1.82) is 0 Å². The van der Waals surface area contributed by atoms with Crippen molar-refractivity contribution >= 4 is 0 Å². The molecule has 0 bridgehead atoms. The SMILES string of the molecule is OCC=CCCC1OC1CO. The third kappa shape index (κ3) is 3.01. The van der Waals surface area contributed by atoms with Gasteiger partial charge in [0.15, 0.2) is 0 Å². The second kappa shape index (κ2) is 4.49. The topological polar surface area (TPSA) is 53.0 Å². The molecule has 3 heteroatoms. The Morgan fingerprint density at radius 1 is 1.18 bits per heavy atom. The standard InChI is InChI=1S/C8H14O3/c9-5-3-1-2-4-7-8(6-10)11-7/h1,3,7-10H,2,4-6H2. The zero-order valence-electron chi connectivity index (χ0n) is 6.44. The van der Waals surface area contributed by atoms with Crippen molar-refractivity contribution < 1.29 is 14.9 Å². The number of allylic oxidation sites excluding steroid dienone is 1. The predicted octanol–water partition coefficient (Wildman–Crippen LogP) is 0.0748. The molecular weight excluding hydrogens is 144 g/mol. The van der Waals surface area contributed by atoms with Crippen LogP contribution >= 0.6 is 0 Å². The van der Waals surface area contributed by atoms with Crippen LogP contribution in [0.4, 0.5) is 0 Å². The first-order valence-electron chi connectivity index (χ1n) is 3.90. The van der Waals surface area contributed by atoms with Crippen LogP contribution in [0.25, 0.3) is 0 Å². The van der Waals surface area contributed by atoms with Crippen LogP contribution in [0.2, 0.25) is 0 Å². The van der Waals surface area contributed by atoms with E-state index in [1.807, 2.05) is 6.08 Å². The van der Waals surface area contributed by atoms with Crippen LogP contribution in [0.5, 0.6) is 0 Å². The molecule has 0 spiro atoms. The summed E-state index contributed by atoms with van der Waals surface area (Å²) < 4.78 is 5.10. The Balaban J connectivity index is 1.93. The second-order valence-electron chi connectivity index (χ2n) is 2.63. The lowest BCUT2D eigenvalue weighted by Gasteiger charge is -1.87. The lowest BCUT2D eigenvalue weighted by Crippen LogP contribution is -1.98. The summed E-state index contributed by atoms with van der Waals surface area (Å²) in [6, 6.07) is 0. The van der Waals surface area contributed by atoms with E-state index in [4.69, 9.17) is 14.9 Å². The van der Waals surface area contributed by atoms with Gasteiger partial charge in [-0.3, -0.25) is 0 Å². The number of aliphatic hydroxyl groups is 2. The fraction of sp³-hybridized carbons (Fsp3) is 0.750. The Hall–Kier alpha value is -0.380. The lowest BCUT2D eigenvalue weighted by molar-refractivity contribution is 0.241. The number of ether oxygens (including phenoxy) is 1. The monoisotopic (exact) mass is 158 g/mol. The first kappa shape index (κ1) is 8.71. The molecule has 2 N–H and O–H groups in total. The fourth-order valence-corrected chi connectivity index (χ4v) is 1.05. The first-order valence-corrected chi connectivity index (χ1v) is 3.90. The smallest absolute Gasteiger partial charge is 0.107 e. The summed E-state index contributed by atoms with van der Waals surface area (Å²) in [5.41, 5.74) is 0. The highest BCUT2D eigenvalue weighted by Crippen LogP contribution is 2.25. The van der Waals surface area contributed by atoms with Crippen LogP contribution < -0.4 is 0 Å². The van der Waals surface area contributed by atoms with Gasteiger partial charge in [0.2, 0.25) is 0 Å². The van der Waals surface area contributed by atoms with Crippen molar-refractivity contribution in [2.75, 3.05) is 13.2 Å². The van der Waals surface area contributed by atoms with Gasteiger partial charge in [0.1, 0.15) is 6.10 Å². The Morgan fingerprint density at radius 2 is 2.00 bits per heavy atom. The molecule has 0 aromatic carbocycles. The highest BCUT2D eigenvalue weighted by Gasteiger charge is 2.36. The van der Waals surface area contributed by atoms with Gasteiger partial charge in [-0.15, -0.1) is 0 Å². The summed E-state index contributed by atoms with van der Waals surface area (Å²) in [7, 11) is 0. The molecule has 0 aromatic rings. The summed E-state index contributed by atoms with van der Waals surface area (Å²) in [5, 5.41) is 17.0. The van der Waals surface area contributed by atoms with Crippen molar-refractivity contribution in [3.63, 3.8) is 0 Å². The molecule has 1 heterocycles. The molecule has 1 saturated heterocycles. The van der Waals surface area contributed by atoms with Gasteiger partial charge in [0.25, 0.3) is 0 Å². The second-order valence-corrected chi connectivity index (χ2v) is 2.63. The van der Waals surface area contributed by atoms with Gasteiger partial charge in [0.05, 0.1) is 19.3 Å². The zero-order valence-corrected chi connectivity index (χ0v) is 6.44. The van der Waals surface area contributed by atoms with E-state index in [9.17, 15) is 0 Å². The highest BCUT2D eigenvalue weighted by molar-refractivity contribution is 4.88. The molecule has 1 rings (SSSR count). The summed E-state index contributed by atoms with van der Waals surface area (Å²) in [6.45, 7) is 0.239. The van der Waals surface area contributed by atoms with Crippen LogP contribution in [0.1, 0.15) is 12.8 Å². The number of hydrogen-bond donors (Lipinski definition) is 2. The molecule has 11 heavy (non-hydrogen) atoms. The summed E-state index contributed by atoms with van der Waals surface area (Å²) >= 11 is 0. The van der Waals surface area contributed by atoms with E-state index < -0.39 is 0 Å². The Morgan fingerprint density at radius 3 is 2.55 bits per heavy atom. The number of rotatable bonds is 5. The molecule has 2 unspecified atom stereocenters. The van der Waals surface area contributed by atoms with Crippen molar-refractivity contribution in [1.82, 2.24) is 0 Å². The molecule has 0 aliphatic carbocycles. The minimum atomic E-state index is 0.0810. The Bertz CT molecular complexity index is 133. The molecule has 1 aliphatic rings. The Labute approximate surface area is 66.3 Å². The maximum absolute atomic E-state index is 8.60. The van der Waals surface area contributed by atoms with E-state index in [2.05, 4.69) is 0 Å². The van der Waals surface area contributed by atoms with Gasteiger partial charge >= 0.3 is 0 Å². The fourth-order valence-electron chi connectivity index (χ4n) is 1.05. The van der Waals surface area contributed by atoms with E-state index in [0.717, 1.165) is 12.8 Å². The van der Waals surface area contributed by atoms with Gasteiger partial charge in [-0.05, 0) is 12.8 Å². The molecule has 0 aromatic heterocycles. The van der Waals surface area contributed by atoms with E-state index in [0.29, 0.717) is 0 Å². The molecule has 0 amide bonds. The van der Waals surface area contributed by atoms with Crippen molar-refractivity contribution in [2.45, 2.75) is 25.0 Å². The zero-order chi connectivity index (χ0) is 8.10. The van der Waals surface area contributed by atoms with Gasteiger partial charge in [-0.25, -0.2) is 0 Å². The Kier molecular flexibility index (Phi) is 3.56. The average Bonchev–Trinajstić information content (AvgIpc) is 2.77. The minimum Gasteiger partial charge on any atom is -0.394 e. The van der Waals surface area contributed by atoms with Crippen LogP contribution in [0.15, 0.2) is 12.2 Å². The normalized spacial score (nSPS) is 29.6. The largest absolute Gasteiger partial charge is 0.394 e. The quantitative estimate of drug-likeness (QED) is 0.440. The van der Waals surface area contributed by atoms with E-state index in [1.165, 1.54) is 0 Å². The first-order chi connectivity index (χ1) is 5.38. The molecule has 0 radical (unpaired) electrons. The van der Waals surface area contributed by atoms with Gasteiger partial charge < -0.3 is 14.9 Å². The van der Waals surface area contributed by atoms with Gasteiger partial charge in [-0.2, -0.15) is 0 Å². The number of hydrogen-bond acceptors (Lipinski definition) is 3. The van der Waals surface area contributed by atoms with Crippen molar-refractivity contribution in [3.8, 4) is 0 Å². The number of aliphatic hydroxyl groups excluding tert-OH is 2. The number of epoxide rings is 1. The summed E-state index contributed by atoms with van der Waals surface area (Å²) in [5.74, 6) is 0. The maximum Gasteiger partial charge on any atom is 0.107 e. The third-order valence-corrected chi connectivity index (χ3v) is 1.76. The molecule has 1 fully saturated rings. The highest BCUT2D eigenvalue weighted by atomic mass is 16.6. The molecule has 1 aliphatic heterocycles. The van der Waals surface area contributed by atoms with Crippen LogP contribution in [-0.2, 0) is 4.74 Å².